The van der Waals surface area contributed by atoms with Crippen LogP contribution in [0.25, 0.3) is 28.0 Å². The zero-order chi connectivity index (χ0) is 15.6. The van der Waals surface area contributed by atoms with Crippen molar-refractivity contribution in [3.63, 3.8) is 0 Å². The molecule has 0 spiro atoms. The average Bonchev–Trinajstić information content (AvgIpc) is 2.94. The normalized spacial score (nSPS) is 20.7. The maximum atomic E-state index is 6.23. The van der Waals surface area contributed by atoms with Crippen LogP contribution in [0, 0.1) is 0 Å². The van der Waals surface area contributed by atoms with Crippen molar-refractivity contribution in [3.05, 3.63) is 71.3 Å². The fourth-order valence-electron chi connectivity index (χ4n) is 3.87. The summed E-state index contributed by atoms with van der Waals surface area (Å²) in [5, 5.41) is 2.52. The molecule has 5 rings (SSSR count). The van der Waals surface area contributed by atoms with E-state index in [1.807, 2.05) is 13.0 Å². The van der Waals surface area contributed by atoms with Crippen molar-refractivity contribution in [3.8, 4) is 16.9 Å². The third-order valence-electron chi connectivity index (χ3n) is 4.86. The maximum Gasteiger partial charge on any atom is 0.137 e. The Balaban J connectivity index is 1.95. The van der Waals surface area contributed by atoms with Crippen LogP contribution < -0.4 is 4.74 Å². The van der Waals surface area contributed by atoms with E-state index in [-0.39, 0.29) is 0 Å². The van der Waals surface area contributed by atoms with Crippen LogP contribution in [0.1, 0.15) is 23.6 Å². The first-order valence-electron chi connectivity index (χ1n) is 7.97. The Morgan fingerprint density at radius 2 is 1.74 bits per heavy atom. The van der Waals surface area contributed by atoms with Gasteiger partial charge < -0.3 is 4.74 Å². The van der Waals surface area contributed by atoms with Crippen LogP contribution in [-0.2, 0) is 6.42 Å². The standard InChI is InChI=1S/C21H15BO/c1-21(22)11-10-17-15-8-4-5-9-16(15)19-14-7-3-2-6-13(14)12-18(19)20(17)23-21/h2-11H,12H2,1H3. The minimum Gasteiger partial charge on any atom is -0.493 e. The summed E-state index contributed by atoms with van der Waals surface area (Å²) in [6.45, 7) is 1.90. The van der Waals surface area contributed by atoms with Crippen molar-refractivity contribution in [1.82, 2.24) is 0 Å². The number of fused-ring (bicyclic) bond motifs is 8. The lowest BCUT2D eigenvalue weighted by atomic mass is 9.80. The molecule has 0 saturated carbocycles. The van der Waals surface area contributed by atoms with Crippen LogP contribution in [0.15, 0.2) is 54.6 Å². The number of ether oxygens (including phenoxy) is 1. The number of hydrogen-bond acceptors (Lipinski definition) is 1. The van der Waals surface area contributed by atoms with E-state index >= 15 is 0 Å². The van der Waals surface area contributed by atoms with Gasteiger partial charge in [-0.1, -0.05) is 60.7 Å². The van der Waals surface area contributed by atoms with Gasteiger partial charge >= 0.3 is 0 Å². The number of rotatable bonds is 0. The molecule has 0 saturated heterocycles. The van der Waals surface area contributed by atoms with Gasteiger partial charge in [-0.3, -0.25) is 0 Å². The van der Waals surface area contributed by atoms with Gasteiger partial charge in [0.2, 0.25) is 0 Å². The summed E-state index contributed by atoms with van der Waals surface area (Å²) < 4.78 is 6.19. The zero-order valence-corrected chi connectivity index (χ0v) is 13.0. The van der Waals surface area contributed by atoms with E-state index in [1.54, 1.807) is 0 Å². The van der Waals surface area contributed by atoms with E-state index in [0.29, 0.717) is 0 Å². The smallest absolute Gasteiger partial charge is 0.137 e. The van der Waals surface area contributed by atoms with Crippen molar-refractivity contribution in [2.24, 2.45) is 0 Å². The molecule has 1 nitrogen and oxygen atoms in total. The van der Waals surface area contributed by atoms with Gasteiger partial charge in [0.25, 0.3) is 0 Å². The van der Waals surface area contributed by atoms with E-state index in [9.17, 15) is 0 Å². The van der Waals surface area contributed by atoms with Crippen LogP contribution in [0.2, 0.25) is 0 Å². The molecule has 23 heavy (non-hydrogen) atoms. The number of hydrogen-bond donors (Lipinski definition) is 0. The van der Waals surface area contributed by atoms with E-state index in [2.05, 4.69) is 54.6 Å². The molecule has 2 aliphatic rings. The minimum atomic E-state index is -0.752. The molecule has 0 N–H and O–H groups in total. The largest absolute Gasteiger partial charge is 0.493 e. The highest BCUT2D eigenvalue weighted by Gasteiger charge is 2.31. The topological polar surface area (TPSA) is 9.23 Å². The van der Waals surface area contributed by atoms with E-state index < -0.39 is 5.50 Å². The number of benzene rings is 3. The Bertz CT molecular complexity index is 998. The average molecular weight is 294 g/mol. The van der Waals surface area contributed by atoms with E-state index in [4.69, 9.17) is 12.6 Å². The highest BCUT2D eigenvalue weighted by atomic mass is 16.5. The first-order valence-corrected chi connectivity index (χ1v) is 7.97. The van der Waals surface area contributed by atoms with Gasteiger partial charge in [0, 0.05) is 17.5 Å². The molecule has 0 aromatic heterocycles. The SMILES string of the molecule is [B]C1(C)C=Cc2c(c3c(c4ccccc24)-c2ccccc2C3)O1. The monoisotopic (exact) mass is 294 g/mol. The van der Waals surface area contributed by atoms with Crippen LogP contribution in [-0.4, -0.2) is 13.3 Å². The van der Waals surface area contributed by atoms with Gasteiger partial charge in [0.1, 0.15) is 13.6 Å². The lowest BCUT2D eigenvalue weighted by molar-refractivity contribution is 0.223. The van der Waals surface area contributed by atoms with Crippen LogP contribution >= 0.6 is 0 Å². The Labute approximate surface area is 137 Å². The molecule has 1 heterocycles. The Hall–Kier alpha value is -2.48. The summed E-state index contributed by atoms with van der Waals surface area (Å²) >= 11 is 0. The van der Waals surface area contributed by atoms with Gasteiger partial charge in [-0.05, 0) is 34.4 Å². The zero-order valence-electron chi connectivity index (χ0n) is 13.0. The molecular weight excluding hydrogens is 279 g/mol. The second kappa shape index (κ2) is 4.29. The lowest BCUT2D eigenvalue weighted by Gasteiger charge is -2.31. The van der Waals surface area contributed by atoms with Gasteiger partial charge in [-0.2, -0.15) is 0 Å². The third kappa shape index (κ3) is 1.75. The van der Waals surface area contributed by atoms with Crippen molar-refractivity contribution in [2.45, 2.75) is 18.8 Å². The minimum absolute atomic E-state index is 0.752. The Kier molecular flexibility index (Phi) is 2.43. The summed E-state index contributed by atoms with van der Waals surface area (Å²) in [5.41, 5.74) is 5.64. The molecule has 1 unspecified atom stereocenters. The predicted octanol–water partition coefficient (Wildman–Crippen LogP) is 4.70. The second-order valence-electron chi connectivity index (χ2n) is 6.60. The van der Waals surface area contributed by atoms with Crippen LogP contribution in [0.5, 0.6) is 5.75 Å². The molecule has 0 bridgehead atoms. The molecule has 108 valence electrons. The van der Waals surface area contributed by atoms with Crippen molar-refractivity contribution < 1.29 is 4.74 Å². The first-order chi connectivity index (χ1) is 11.1. The molecule has 1 aliphatic heterocycles. The highest BCUT2D eigenvalue weighted by molar-refractivity contribution is 6.17. The molecule has 0 fully saturated rings. The second-order valence-corrected chi connectivity index (χ2v) is 6.60. The Morgan fingerprint density at radius 1 is 1.00 bits per heavy atom. The van der Waals surface area contributed by atoms with Crippen LogP contribution in [0.3, 0.4) is 0 Å². The molecule has 2 radical (unpaired) electrons. The summed E-state index contributed by atoms with van der Waals surface area (Å²) in [6, 6.07) is 17.2. The van der Waals surface area contributed by atoms with Gasteiger partial charge in [0.05, 0.1) is 5.50 Å². The molecule has 1 atom stereocenters. The summed E-state index contributed by atoms with van der Waals surface area (Å²) in [6.07, 6.45) is 4.96. The maximum absolute atomic E-state index is 6.23. The van der Waals surface area contributed by atoms with E-state index in [0.717, 1.165) is 17.7 Å². The van der Waals surface area contributed by atoms with Crippen molar-refractivity contribution >= 4 is 24.7 Å². The molecule has 0 amide bonds. The summed E-state index contributed by atoms with van der Waals surface area (Å²) in [5.74, 6) is 0.947. The summed E-state index contributed by atoms with van der Waals surface area (Å²) in [4.78, 5) is 0. The van der Waals surface area contributed by atoms with Crippen molar-refractivity contribution in [2.75, 3.05) is 0 Å². The fraction of sp³-hybridized carbons (Fsp3) is 0.143. The molecule has 1 aliphatic carbocycles. The Morgan fingerprint density at radius 3 is 2.61 bits per heavy atom. The van der Waals surface area contributed by atoms with Gasteiger partial charge in [-0.25, -0.2) is 0 Å². The van der Waals surface area contributed by atoms with Crippen LogP contribution in [0.4, 0.5) is 0 Å². The predicted molar refractivity (Wildman–Crippen MR) is 96.0 cm³/mol. The lowest BCUT2D eigenvalue weighted by Crippen LogP contribution is -2.32. The third-order valence-corrected chi connectivity index (χ3v) is 4.86. The summed E-state index contributed by atoms with van der Waals surface area (Å²) in [7, 11) is 6.23. The molecular formula is C21H15BO. The van der Waals surface area contributed by atoms with E-state index in [1.165, 1.54) is 33.0 Å². The molecule has 3 aromatic rings. The molecule has 2 heteroatoms. The highest BCUT2D eigenvalue weighted by Crippen LogP contribution is 2.50. The first kappa shape index (κ1) is 13.0. The molecule has 3 aromatic carbocycles. The van der Waals surface area contributed by atoms with Crippen molar-refractivity contribution in [1.29, 1.82) is 0 Å². The van der Waals surface area contributed by atoms with Gasteiger partial charge in [-0.15, -0.1) is 0 Å². The fourth-order valence-corrected chi connectivity index (χ4v) is 3.87. The quantitative estimate of drug-likeness (QED) is 0.427. The van der Waals surface area contributed by atoms with Gasteiger partial charge in [0.15, 0.2) is 0 Å².